The molecule has 170 valence electrons. The van der Waals surface area contributed by atoms with Crippen molar-refractivity contribution in [1.29, 1.82) is 0 Å². The number of aryl methyl sites for hydroxylation is 2. The first-order chi connectivity index (χ1) is 15.1. The second kappa shape index (κ2) is 10.4. The summed E-state index contributed by atoms with van der Waals surface area (Å²) in [5, 5.41) is 7.68. The summed E-state index contributed by atoms with van der Waals surface area (Å²) in [5.41, 5.74) is 6.75. The standard InChI is InChI=1S/C21H31FN6OS2/c1-4-27(5-2)13-12-26(3)31-29-21-24-20(25-28(21)30-22)23-19-17-10-6-8-15(17)14-16-9-7-11-18(16)19/h14H,4-13H2,1-3H3,(H,23,25). The van der Waals surface area contributed by atoms with Crippen molar-refractivity contribution in [2.75, 3.05) is 38.5 Å². The van der Waals surface area contributed by atoms with Gasteiger partial charge in [-0.05, 0) is 73.9 Å². The van der Waals surface area contributed by atoms with Gasteiger partial charge < -0.3 is 14.4 Å². The first-order valence-corrected chi connectivity index (χ1v) is 12.5. The number of hydrogen-bond donors (Lipinski definition) is 1. The third-order valence-electron chi connectivity index (χ3n) is 6.19. The molecule has 0 amide bonds. The van der Waals surface area contributed by atoms with E-state index >= 15 is 0 Å². The summed E-state index contributed by atoms with van der Waals surface area (Å²) in [5.74, 6) is 0.376. The van der Waals surface area contributed by atoms with Crippen LogP contribution in [-0.2, 0) is 25.7 Å². The molecule has 0 saturated carbocycles. The summed E-state index contributed by atoms with van der Waals surface area (Å²) < 4.78 is 22.2. The molecular formula is C21H31FN6OS2. The molecule has 2 aliphatic rings. The van der Waals surface area contributed by atoms with E-state index in [0.29, 0.717) is 5.95 Å². The Balaban J connectivity index is 1.44. The monoisotopic (exact) mass is 466 g/mol. The van der Waals surface area contributed by atoms with Crippen molar-refractivity contribution in [2.24, 2.45) is 0 Å². The third kappa shape index (κ3) is 5.13. The molecule has 10 heteroatoms. The van der Waals surface area contributed by atoms with Gasteiger partial charge in [-0.25, -0.2) is 4.31 Å². The maximum atomic E-state index is 13.5. The summed E-state index contributed by atoms with van der Waals surface area (Å²) in [6, 6.07) is 2.53. The molecule has 7 nitrogen and oxygen atoms in total. The normalized spacial score (nSPS) is 15.0. The van der Waals surface area contributed by atoms with E-state index < -0.39 is 0 Å². The zero-order valence-corrected chi connectivity index (χ0v) is 20.1. The number of anilines is 2. The average molecular weight is 467 g/mol. The Bertz CT molecular complexity index is 872. The lowest BCUT2D eigenvalue weighted by Gasteiger charge is -2.21. The van der Waals surface area contributed by atoms with Crippen LogP contribution in [-0.4, -0.2) is 56.6 Å². The zero-order valence-electron chi connectivity index (χ0n) is 18.5. The van der Waals surface area contributed by atoms with Crippen LogP contribution in [0.2, 0.25) is 0 Å². The van der Waals surface area contributed by atoms with Crippen LogP contribution in [0.5, 0.6) is 6.01 Å². The van der Waals surface area contributed by atoms with E-state index in [1.165, 1.54) is 35.1 Å². The quantitative estimate of drug-likeness (QED) is 0.381. The lowest BCUT2D eigenvalue weighted by molar-refractivity contribution is 0.285. The fourth-order valence-electron chi connectivity index (χ4n) is 4.47. The van der Waals surface area contributed by atoms with E-state index in [9.17, 15) is 3.89 Å². The molecule has 2 aromatic rings. The number of halogens is 1. The minimum atomic E-state index is -0.00715. The number of benzene rings is 1. The number of rotatable bonds is 11. The van der Waals surface area contributed by atoms with E-state index in [2.05, 4.69) is 40.2 Å². The Morgan fingerprint density at radius 3 is 2.39 bits per heavy atom. The van der Waals surface area contributed by atoms with Crippen LogP contribution < -0.4 is 9.50 Å². The lowest BCUT2D eigenvalue weighted by atomic mass is 9.99. The molecule has 0 saturated heterocycles. The highest BCUT2D eigenvalue weighted by Gasteiger charge is 2.25. The Morgan fingerprint density at radius 2 is 1.77 bits per heavy atom. The van der Waals surface area contributed by atoms with Crippen molar-refractivity contribution in [3.05, 3.63) is 28.3 Å². The molecule has 0 fully saturated rings. The fraction of sp³-hybridized carbons (Fsp3) is 0.619. The topological polar surface area (TPSA) is 58.5 Å². The maximum Gasteiger partial charge on any atom is 0.343 e. The van der Waals surface area contributed by atoms with Crippen molar-refractivity contribution >= 4 is 36.2 Å². The van der Waals surface area contributed by atoms with Crippen molar-refractivity contribution in [3.63, 3.8) is 0 Å². The van der Waals surface area contributed by atoms with Crippen LogP contribution in [0.1, 0.15) is 48.9 Å². The molecule has 0 unspecified atom stereocenters. The largest absolute Gasteiger partial charge is 0.372 e. The molecule has 1 aromatic heterocycles. The number of aromatic nitrogens is 3. The van der Waals surface area contributed by atoms with Gasteiger partial charge in [0.2, 0.25) is 0 Å². The predicted molar refractivity (Wildman–Crippen MR) is 127 cm³/mol. The summed E-state index contributed by atoms with van der Waals surface area (Å²) in [6.07, 6.45) is 6.76. The van der Waals surface area contributed by atoms with Gasteiger partial charge in [-0.15, -0.1) is 13.1 Å². The predicted octanol–water partition coefficient (Wildman–Crippen LogP) is 4.60. The zero-order chi connectivity index (χ0) is 21.8. The summed E-state index contributed by atoms with van der Waals surface area (Å²) in [6.45, 7) is 8.12. The van der Waals surface area contributed by atoms with Gasteiger partial charge in [0.15, 0.2) is 24.6 Å². The molecule has 1 aromatic carbocycles. The van der Waals surface area contributed by atoms with Crippen LogP contribution in [0.3, 0.4) is 0 Å². The number of likely N-dealkylation sites (N-methyl/N-ethyl adjacent to an activating group) is 2. The second-order valence-electron chi connectivity index (χ2n) is 8.06. The molecule has 4 rings (SSSR count). The smallest absolute Gasteiger partial charge is 0.343 e. The van der Waals surface area contributed by atoms with Gasteiger partial charge in [-0.3, -0.25) is 0 Å². The van der Waals surface area contributed by atoms with Crippen molar-refractivity contribution < 1.29 is 8.07 Å². The van der Waals surface area contributed by atoms with E-state index in [-0.39, 0.29) is 18.3 Å². The summed E-state index contributed by atoms with van der Waals surface area (Å²) in [7, 11) is 1.95. The van der Waals surface area contributed by atoms with Gasteiger partial charge in [0.25, 0.3) is 5.95 Å². The van der Waals surface area contributed by atoms with Crippen LogP contribution in [0.4, 0.5) is 15.5 Å². The Kier molecular flexibility index (Phi) is 7.63. The molecule has 0 bridgehead atoms. The van der Waals surface area contributed by atoms with Crippen LogP contribution >= 0.6 is 24.6 Å². The maximum absolute atomic E-state index is 13.5. The first kappa shape index (κ1) is 22.7. The molecule has 0 aliphatic heterocycles. The number of nitrogens with zero attached hydrogens (tertiary/aromatic N) is 5. The Labute approximate surface area is 192 Å². The van der Waals surface area contributed by atoms with Gasteiger partial charge >= 0.3 is 6.01 Å². The molecule has 2 aliphatic carbocycles. The van der Waals surface area contributed by atoms with Crippen molar-refractivity contribution in [1.82, 2.24) is 23.4 Å². The van der Waals surface area contributed by atoms with Gasteiger partial charge in [0.1, 0.15) is 0 Å². The number of fused-ring (bicyclic) bond motifs is 2. The van der Waals surface area contributed by atoms with Gasteiger partial charge in [-0.2, -0.15) is 4.98 Å². The molecule has 1 N–H and O–H groups in total. The summed E-state index contributed by atoms with van der Waals surface area (Å²) >= 11 is 1.15. The highest BCUT2D eigenvalue weighted by molar-refractivity contribution is 7.93. The Morgan fingerprint density at radius 1 is 1.10 bits per heavy atom. The van der Waals surface area contributed by atoms with E-state index in [1.54, 1.807) is 0 Å². The number of hydrogen-bond acceptors (Lipinski definition) is 8. The van der Waals surface area contributed by atoms with Crippen LogP contribution in [0, 0.1) is 0 Å². The highest BCUT2D eigenvalue weighted by atomic mass is 32.2. The first-order valence-electron chi connectivity index (χ1n) is 11.1. The second-order valence-corrected chi connectivity index (χ2v) is 9.48. The minimum absolute atomic E-state index is 0.00715. The molecule has 31 heavy (non-hydrogen) atoms. The van der Waals surface area contributed by atoms with Crippen LogP contribution in [0.15, 0.2) is 6.07 Å². The number of nitrogens with one attached hydrogen (secondary N) is 1. The van der Waals surface area contributed by atoms with E-state index in [1.807, 2.05) is 11.4 Å². The fourth-order valence-corrected chi connectivity index (χ4v) is 5.22. The Hall–Kier alpha value is -1.49. The van der Waals surface area contributed by atoms with Gasteiger partial charge in [0, 0.05) is 25.8 Å². The molecule has 0 radical (unpaired) electrons. The SMILES string of the molecule is CCN(CC)CCN(C)SOc1nc(Nc2c3c(cc4c2CCC4)CCC3)nn1SF. The molecule has 0 atom stereocenters. The highest BCUT2D eigenvalue weighted by Crippen LogP contribution is 2.40. The minimum Gasteiger partial charge on any atom is -0.372 e. The summed E-state index contributed by atoms with van der Waals surface area (Å²) in [4.78, 5) is 6.77. The van der Waals surface area contributed by atoms with E-state index in [0.717, 1.165) is 73.9 Å². The lowest BCUT2D eigenvalue weighted by Crippen LogP contribution is -2.30. The van der Waals surface area contributed by atoms with Crippen LogP contribution in [0.25, 0.3) is 0 Å². The van der Waals surface area contributed by atoms with Crippen molar-refractivity contribution in [2.45, 2.75) is 52.4 Å². The molecule has 0 spiro atoms. The average Bonchev–Trinajstić information content (AvgIpc) is 3.52. The van der Waals surface area contributed by atoms with Crippen molar-refractivity contribution in [3.8, 4) is 6.01 Å². The third-order valence-corrected chi connectivity index (χ3v) is 7.22. The molecule has 1 heterocycles. The van der Waals surface area contributed by atoms with Gasteiger partial charge in [-0.1, -0.05) is 19.9 Å². The van der Waals surface area contributed by atoms with Gasteiger partial charge in [0.05, 0.1) is 0 Å². The van der Waals surface area contributed by atoms with E-state index in [4.69, 9.17) is 4.18 Å². The molecular weight excluding hydrogens is 435 g/mol.